The van der Waals surface area contributed by atoms with Crippen LogP contribution in [0.15, 0.2) is 125 Å². The van der Waals surface area contributed by atoms with Gasteiger partial charge in [0.05, 0.1) is 43.5 Å². The quantitative estimate of drug-likeness (QED) is 0.0492. The minimum atomic E-state index is -3.76. The molecule has 1 aliphatic carbocycles. The van der Waals surface area contributed by atoms with Gasteiger partial charge < -0.3 is 29.5 Å². The second-order valence-electron chi connectivity index (χ2n) is 17.5. The summed E-state index contributed by atoms with van der Waals surface area (Å²) in [5.41, 5.74) is 6.60. The van der Waals surface area contributed by atoms with Crippen molar-refractivity contribution in [1.82, 2.24) is 9.21 Å². The van der Waals surface area contributed by atoms with E-state index in [0.717, 1.165) is 48.1 Å². The second kappa shape index (κ2) is 24.4. The van der Waals surface area contributed by atoms with Gasteiger partial charge in [-0.2, -0.15) is 4.31 Å². The van der Waals surface area contributed by atoms with Crippen LogP contribution in [0.4, 0.5) is 5.69 Å². The molecule has 4 aliphatic rings. The fourth-order valence-electron chi connectivity index (χ4n) is 8.98. The van der Waals surface area contributed by atoms with Crippen molar-refractivity contribution in [3.8, 4) is 5.75 Å². The van der Waals surface area contributed by atoms with Crippen LogP contribution in [-0.2, 0) is 38.5 Å². The van der Waals surface area contributed by atoms with E-state index < -0.39 is 37.2 Å². The molecule has 0 spiro atoms. The number of aliphatic hydroxyl groups excluding tert-OH is 1. The summed E-state index contributed by atoms with van der Waals surface area (Å²) in [6.45, 7) is 12.3. The van der Waals surface area contributed by atoms with Gasteiger partial charge in [-0.05, 0) is 54.7 Å². The number of piperidine rings is 1. The summed E-state index contributed by atoms with van der Waals surface area (Å²) in [6, 6.07) is 20.2. The molecule has 1 saturated heterocycles. The van der Waals surface area contributed by atoms with Gasteiger partial charge >= 0.3 is 210 Å². The predicted octanol–water partition coefficient (Wildman–Crippen LogP) is 4.80. The number of anilines is 1. The Balaban J connectivity index is 0.651. The Labute approximate surface area is 424 Å². The third kappa shape index (κ3) is 12.8. The number of aliphatic hydroxyl groups is 1. The number of hydrogen-bond donors (Lipinski definition) is 3. The summed E-state index contributed by atoms with van der Waals surface area (Å²) in [7, 11) is -3.76. The molecule has 1 amide bonds. The number of hydrogen-bond acceptors (Lipinski definition) is 13. The van der Waals surface area contributed by atoms with Gasteiger partial charge in [-0.3, -0.25) is 4.79 Å². The van der Waals surface area contributed by atoms with Crippen LogP contribution >= 0.6 is 0 Å². The van der Waals surface area contributed by atoms with Gasteiger partial charge in [0.15, 0.2) is 0 Å². The normalized spacial score (nSPS) is 17.9. The number of carbonyl (C=O) groups is 2. The van der Waals surface area contributed by atoms with Crippen molar-refractivity contribution < 1.29 is 82.3 Å². The van der Waals surface area contributed by atoms with Gasteiger partial charge in [0.25, 0.3) is 5.91 Å². The number of ether oxygens (including phenoxy) is 6. The number of carbonyl (C=O) groups excluding carboxylic acids is 1. The molecule has 8 rings (SSSR count). The molecule has 71 heavy (non-hydrogen) atoms. The molecule has 16 nitrogen and oxygen atoms in total. The first kappa shape index (κ1) is 52.0. The number of para-hydroxylation sites is 1. The molecule has 1 unspecified atom stereocenters. The molecule has 1 atom stereocenters. The summed E-state index contributed by atoms with van der Waals surface area (Å²) in [5, 5.41) is 24.0. The average molecular weight is 1110 g/mol. The number of rotatable bonds is 24. The van der Waals surface area contributed by atoms with E-state index in [1.807, 2.05) is 62.4 Å². The van der Waals surface area contributed by atoms with Crippen LogP contribution < -0.4 is 31.3 Å². The van der Waals surface area contributed by atoms with Crippen LogP contribution in [0.3, 0.4) is 0 Å². The summed E-state index contributed by atoms with van der Waals surface area (Å²) in [6.07, 6.45) is 5.45. The number of carboxylic acids is 1. The Hall–Kier alpha value is -5.32. The summed E-state index contributed by atoms with van der Waals surface area (Å²) >= 11 is -0.663. The Kier molecular flexibility index (Phi) is 17.9. The van der Waals surface area contributed by atoms with Gasteiger partial charge in [-0.1, -0.05) is 18.7 Å². The first-order valence-corrected chi connectivity index (χ1v) is 27.5. The van der Waals surface area contributed by atoms with Gasteiger partial charge in [0, 0.05) is 18.8 Å². The molecule has 1 fully saturated rings. The van der Waals surface area contributed by atoms with Crippen LogP contribution in [0, 0.1) is 6.92 Å². The maximum absolute atomic E-state index is 13.6. The van der Waals surface area contributed by atoms with E-state index in [9.17, 15) is 28.2 Å². The van der Waals surface area contributed by atoms with E-state index in [1.54, 1.807) is 6.08 Å². The zero-order valence-electron chi connectivity index (χ0n) is 40.0. The molecule has 3 aromatic carbocycles. The number of fused-ring (bicyclic) bond motifs is 2. The molecule has 18 heteroatoms. The monoisotopic (exact) mass is 1110 g/mol. The first-order chi connectivity index (χ1) is 34.4. The molecular formula is C53H61IN3O13S-. The van der Waals surface area contributed by atoms with Crippen LogP contribution in [0.1, 0.15) is 59.3 Å². The van der Waals surface area contributed by atoms with Crippen molar-refractivity contribution in [2.75, 3.05) is 97.7 Å². The average Bonchev–Trinajstić information content (AvgIpc) is 3.56. The van der Waals surface area contributed by atoms with Gasteiger partial charge in [0.1, 0.15) is 18.1 Å². The number of carboxylic acid groups (broad SMARTS) is 1. The molecule has 0 bridgehead atoms. The number of nitrogens with zero attached hydrogens (tertiary/aromatic N) is 2. The molecular weight excluding hydrogens is 1050 g/mol. The van der Waals surface area contributed by atoms with Crippen LogP contribution in [0.25, 0.3) is 16.5 Å². The molecule has 0 saturated carbocycles. The Morgan fingerprint density at radius 3 is 2.20 bits per heavy atom. The number of aliphatic carboxylic acids is 1. The maximum atomic E-state index is 13.6. The molecule has 4 heterocycles. The van der Waals surface area contributed by atoms with E-state index in [1.165, 1.54) is 27.4 Å². The standard InChI is InChI=1S/C53H61IN3O13S/c1-35-8-15-48(49-45(53(60)61)30-40(32-54-50(35)49)51-37(3)43-6-4-5-7-47(43)70-51)69-29-27-67-25-23-65-21-20-64-22-24-66-26-28-68-41-11-9-38(10-12-41)39-16-18-57(19-17-39)71(62,63)42-13-14-44-46(31-42)55-34-56(52(44)59)33-36(2)58/h4-14,30-32,39,48,55,58H,2,15-29,33-34H2,1,3H3,(H,60,61)/q-1. The van der Waals surface area contributed by atoms with Crippen molar-refractivity contribution >= 4 is 44.1 Å². The largest absolute Gasteiger partial charge is 0.269 e. The van der Waals surface area contributed by atoms with Crippen LogP contribution in [-0.4, -0.2) is 138 Å². The van der Waals surface area contributed by atoms with E-state index >= 15 is 0 Å². The zero-order chi connectivity index (χ0) is 49.9. The second-order valence-corrected chi connectivity index (χ2v) is 21.7. The van der Waals surface area contributed by atoms with Crippen molar-refractivity contribution in [2.24, 2.45) is 0 Å². The zero-order valence-corrected chi connectivity index (χ0v) is 43.0. The number of nitrogens with one attached hydrogen (secondary N) is 1. The summed E-state index contributed by atoms with van der Waals surface area (Å²) in [5.74, 6) is 0.227. The first-order valence-electron chi connectivity index (χ1n) is 23.8. The maximum Gasteiger partial charge on any atom is 0.257 e. The van der Waals surface area contributed by atoms with Gasteiger partial charge in [-0.25, -0.2) is 8.42 Å². The van der Waals surface area contributed by atoms with E-state index in [0.29, 0.717) is 115 Å². The van der Waals surface area contributed by atoms with E-state index in [-0.39, 0.29) is 47.4 Å². The number of sulfonamides is 1. The molecule has 4 aromatic rings. The van der Waals surface area contributed by atoms with Crippen LogP contribution in [0.5, 0.6) is 5.75 Å². The van der Waals surface area contributed by atoms with Crippen molar-refractivity contribution in [2.45, 2.75) is 50.0 Å². The Morgan fingerprint density at radius 1 is 0.873 bits per heavy atom. The summed E-state index contributed by atoms with van der Waals surface area (Å²) in [4.78, 5) is 27.1. The fraction of sp³-hybridized carbons (Fsp3) is 0.396. The SMILES string of the molecule is C=C(O)CN1CNc2cc(S(=O)(=O)N3CCC(c4ccc(OCCOCCOCCOCCOCCOC5CC=C(C)C6=C5C(C(=O)O)=CC(c5oc7ccccc7c5C)=C[I-]6)cc4)CC3)ccc2C1=O. The Bertz CT molecular complexity index is 2810. The third-order valence-electron chi connectivity index (χ3n) is 12.7. The Morgan fingerprint density at radius 2 is 1.54 bits per heavy atom. The molecule has 1 aromatic heterocycles. The number of furan rings is 1. The minimum absolute atomic E-state index is 0.00460. The third-order valence-corrected chi connectivity index (χ3v) is 17.6. The number of aryl methyl sites for hydroxylation is 1. The van der Waals surface area contributed by atoms with Crippen molar-refractivity contribution in [3.63, 3.8) is 0 Å². The number of amides is 1. The van der Waals surface area contributed by atoms with Crippen LogP contribution in [0.2, 0.25) is 0 Å². The predicted molar refractivity (Wildman–Crippen MR) is 263 cm³/mol. The minimum Gasteiger partial charge on any atom is -0.269 e. The smallest absolute Gasteiger partial charge is 0.257 e. The number of benzene rings is 3. The van der Waals surface area contributed by atoms with Gasteiger partial charge in [-0.15, -0.1) is 0 Å². The van der Waals surface area contributed by atoms with E-state index in [2.05, 4.69) is 22.1 Å². The molecule has 0 radical (unpaired) electrons. The number of allylic oxidation sites excluding steroid dienone is 4. The van der Waals surface area contributed by atoms with Crippen molar-refractivity contribution in [3.05, 3.63) is 138 Å². The van der Waals surface area contributed by atoms with Crippen molar-refractivity contribution in [1.29, 1.82) is 0 Å². The number of halogens is 1. The summed E-state index contributed by atoms with van der Waals surface area (Å²) < 4.78 is 72.9. The molecule has 380 valence electrons. The molecule has 3 N–H and O–H groups in total. The van der Waals surface area contributed by atoms with E-state index in [4.69, 9.17) is 32.8 Å². The van der Waals surface area contributed by atoms with Gasteiger partial charge in [0.2, 0.25) is 10.0 Å². The topological polar surface area (TPSA) is 196 Å². The fourth-order valence-corrected chi connectivity index (χ4v) is 13.3. The molecule has 3 aliphatic heterocycles.